The molecule has 1 fully saturated rings. The van der Waals surface area contributed by atoms with Crippen molar-refractivity contribution >= 4 is 5.97 Å². The van der Waals surface area contributed by atoms with Crippen LogP contribution in [0.3, 0.4) is 0 Å². The molecule has 1 saturated carbocycles. The summed E-state index contributed by atoms with van der Waals surface area (Å²) in [6, 6.07) is 6.33. The summed E-state index contributed by atoms with van der Waals surface area (Å²) < 4.78 is 0. The molecule has 0 aliphatic heterocycles. The van der Waals surface area contributed by atoms with Gasteiger partial charge < -0.3 is 5.11 Å². The predicted molar refractivity (Wildman–Crippen MR) is 72.8 cm³/mol. The maximum atomic E-state index is 11.6. The summed E-state index contributed by atoms with van der Waals surface area (Å²) in [7, 11) is 0. The van der Waals surface area contributed by atoms with Crippen LogP contribution in [0.4, 0.5) is 0 Å². The van der Waals surface area contributed by atoms with Crippen LogP contribution in [0.1, 0.15) is 48.8 Å². The molecule has 1 aromatic carbocycles. The highest BCUT2D eigenvalue weighted by molar-refractivity contribution is 5.75. The van der Waals surface area contributed by atoms with Crippen LogP contribution < -0.4 is 0 Å². The zero-order valence-corrected chi connectivity index (χ0v) is 11.3. The zero-order valence-electron chi connectivity index (χ0n) is 11.3. The average molecular weight is 246 g/mol. The van der Waals surface area contributed by atoms with Gasteiger partial charge in [0.15, 0.2) is 0 Å². The Hall–Kier alpha value is -1.31. The van der Waals surface area contributed by atoms with Gasteiger partial charge in [0.2, 0.25) is 0 Å². The topological polar surface area (TPSA) is 37.3 Å². The number of carboxylic acid groups (broad SMARTS) is 1. The highest BCUT2D eigenvalue weighted by Crippen LogP contribution is 2.39. The molecule has 0 aromatic heterocycles. The summed E-state index contributed by atoms with van der Waals surface area (Å²) >= 11 is 0. The molecular weight excluding hydrogens is 224 g/mol. The summed E-state index contributed by atoms with van der Waals surface area (Å²) in [4.78, 5) is 11.6. The Morgan fingerprint density at radius 3 is 2.39 bits per heavy atom. The molecule has 0 atom stereocenters. The molecule has 0 amide bonds. The monoisotopic (exact) mass is 246 g/mol. The number of aliphatic carboxylic acids is 1. The Labute approximate surface area is 109 Å². The fourth-order valence-electron chi connectivity index (χ4n) is 3.00. The first-order chi connectivity index (χ1) is 8.53. The first kappa shape index (κ1) is 13.1. The van der Waals surface area contributed by atoms with Gasteiger partial charge in [-0.2, -0.15) is 0 Å². The normalized spacial score (nSPS) is 18.6. The van der Waals surface area contributed by atoms with E-state index in [9.17, 15) is 9.90 Å². The van der Waals surface area contributed by atoms with E-state index in [1.54, 1.807) is 0 Å². The van der Waals surface area contributed by atoms with Crippen LogP contribution in [-0.2, 0) is 11.2 Å². The van der Waals surface area contributed by atoms with Crippen molar-refractivity contribution in [3.8, 4) is 0 Å². The predicted octanol–water partition coefficient (Wildman–Crippen LogP) is 3.88. The summed E-state index contributed by atoms with van der Waals surface area (Å²) in [5.74, 6) is -0.611. The van der Waals surface area contributed by atoms with E-state index in [0.29, 0.717) is 6.42 Å². The van der Waals surface area contributed by atoms with Crippen molar-refractivity contribution in [1.29, 1.82) is 0 Å². The van der Waals surface area contributed by atoms with E-state index in [0.717, 1.165) is 25.7 Å². The van der Waals surface area contributed by atoms with Crippen molar-refractivity contribution in [2.75, 3.05) is 0 Å². The average Bonchev–Trinajstić information content (AvgIpc) is 2.35. The van der Waals surface area contributed by atoms with Crippen LogP contribution >= 0.6 is 0 Å². The smallest absolute Gasteiger partial charge is 0.309 e. The molecule has 1 N–H and O–H groups in total. The number of carbonyl (C=O) groups is 1. The molecule has 1 aliphatic rings. The molecule has 2 rings (SSSR count). The van der Waals surface area contributed by atoms with Gasteiger partial charge in [0.1, 0.15) is 0 Å². The fraction of sp³-hybridized carbons (Fsp3) is 0.562. The van der Waals surface area contributed by atoms with Gasteiger partial charge >= 0.3 is 5.97 Å². The van der Waals surface area contributed by atoms with Gasteiger partial charge in [-0.25, -0.2) is 0 Å². The lowest BCUT2D eigenvalue weighted by atomic mass is 9.70. The van der Waals surface area contributed by atoms with E-state index in [4.69, 9.17) is 0 Å². The molecule has 1 aliphatic carbocycles. The second kappa shape index (κ2) is 5.13. The van der Waals surface area contributed by atoms with Gasteiger partial charge in [-0.1, -0.05) is 37.5 Å². The second-order valence-electron chi connectivity index (χ2n) is 5.74. The van der Waals surface area contributed by atoms with Gasteiger partial charge in [0.25, 0.3) is 0 Å². The Morgan fingerprint density at radius 2 is 1.83 bits per heavy atom. The van der Waals surface area contributed by atoms with Crippen molar-refractivity contribution in [3.63, 3.8) is 0 Å². The first-order valence-electron chi connectivity index (χ1n) is 6.83. The van der Waals surface area contributed by atoms with Crippen LogP contribution in [-0.4, -0.2) is 11.1 Å². The van der Waals surface area contributed by atoms with Crippen molar-refractivity contribution in [2.45, 2.75) is 52.4 Å². The van der Waals surface area contributed by atoms with Gasteiger partial charge in [-0.15, -0.1) is 0 Å². The van der Waals surface area contributed by atoms with Crippen LogP contribution in [0.2, 0.25) is 0 Å². The fourth-order valence-corrected chi connectivity index (χ4v) is 3.00. The number of hydrogen-bond acceptors (Lipinski definition) is 1. The molecule has 98 valence electrons. The maximum absolute atomic E-state index is 11.6. The van der Waals surface area contributed by atoms with E-state index >= 15 is 0 Å². The van der Waals surface area contributed by atoms with Gasteiger partial charge in [0, 0.05) is 0 Å². The minimum atomic E-state index is -0.611. The van der Waals surface area contributed by atoms with Crippen LogP contribution in [0.15, 0.2) is 18.2 Å². The Morgan fingerprint density at radius 1 is 1.17 bits per heavy atom. The summed E-state index contributed by atoms with van der Waals surface area (Å²) in [5, 5.41) is 9.57. The first-order valence-corrected chi connectivity index (χ1v) is 6.83. The molecule has 1 aromatic rings. The van der Waals surface area contributed by atoms with Crippen molar-refractivity contribution in [2.24, 2.45) is 5.41 Å². The molecule has 0 saturated heterocycles. The maximum Gasteiger partial charge on any atom is 0.309 e. The largest absolute Gasteiger partial charge is 0.481 e. The molecule has 0 spiro atoms. The third-order valence-electron chi connectivity index (χ3n) is 4.38. The Bertz CT molecular complexity index is 442. The van der Waals surface area contributed by atoms with Crippen LogP contribution in [0, 0.1) is 19.3 Å². The van der Waals surface area contributed by atoms with Gasteiger partial charge in [-0.05, 0) is 49.8 Å². The number of rotatable bonds is 3. The minimum absolute atomic E-state index is 0.514. The lowest BCUT2D eigenvalue weighted by molar-refractivity contribution is -0.151. The molecule has 2 heteroatoms. The third kappa shape index (κ3) is 2.58. The summed E-state index contributed by atoms with van der Waals surface area (Å²) in [5.41, 5.74) is 3.18. The molecule has 0 radical (unpaired) electrons. The minimum Gasteiger partial charge on any atom is -0.481 e. The lowest BCUT2D eigenvalue weighted by Crippen LogP contribution is -2.35. The van der Waals surface area contributed by atoms with Crippen LogP contribution in [0.25, 0.3) is 0 Å². The highest BCUT2D eigenvalue weighted by Gasteiger charge is 2.39. The third-order valence-corrected chi connectivity index (χ3v) is 4.38. The molecule has 0 heterocycles. The van der Waals surface area contributed by atoms with E-state index in [1.165, 1.54) is 23.1 Å². The number of hydrogen-bond donors (Lipinski definition) is 1. The Kier molecular flexibility index (Phi) is 3.74. The van der Waals surface area contributed by atoms with E-state index in [-0.39, 0.29) is 0 Å². The summed E-state index contributed by atoms with van der Waals surface area (Å²) in [6.07, 6.45) is 5.63. The molecule has 0 unspecified atom stereocenters. The Balaban J connectivity index is 2.23. The quantitative estimate of drug-likeness (QED) is 0.878. The van der Waals surface area contributed by atoms with E-state index in [2.05, 4.69) is 32.0 Å². The highest BCUT2D eigenvalue weighted by atomic mass is 16.4. The number of aryl methyl sites for hydroxylation is 2. The lowest BCUT2D eigenvalue weighted by Gasteiger charge is -2.33. The van der Waals surface area contributed by atoms with Crippen molar-refractivity contribution in [3.05, 3.63) is 34.9 Å². The van der Waals surface area contributed by atoms with E-state index in [1.807, 2.05) is 0 Å². The van der Waals surface area contributed by atoms with Crippen LogP contribution in [0.5, 0.6) is 0 Å². The standard InChI is InChI=1S/C16H22O2/c1-12-6-7-14(10-13(12)2)11-16(15(17)18)8-4-3-5-9-16/h6-7,10H,3-5,8-9,11H2,1-2H3,(H,17,18). The number of benzene rings is 1. The SMILES string of the molecule is Cc1ccc(CC2(C(=O)O)CCCCC2)cc1C. The molecule has 2 nitrogen and oxygen atoms in total. The zero-order chi connectivity index (χ0) is 13.2. The van der Waals surface area contributed by atoms with Crippen molar-refractivity contribution < 1.29 is 9.90 Å². The number of carboxylic acids is 1. The van der Waals surface area contributed by atoms with Crippen molar-refractivity contribution in [1.82, 2.24) is 0 Å². The van der Waals surface area contributed by atoms with Gasteiger partial charge in [-0.3, -0.25) is 4.79 Å². The van der Waals surface area contributed by atoms with Gasteiger partial charge in [0.05, 0.1) is 5.41 Å². The summed E-state index contributed by atoms with van der Waals surface area (Å²) in [6.45, 7) is 4.18. The molecule has 0 bridgehead atoms. The van der Waals surface area contributed by atoms with E-state index < -0.39 is 11.4 Å². The molecular formula is C16H22O2. The molecule has 18 heavy (non-hydrogen) atoms. The second-order valence-corrected chi connectivity index (χ2v) is 5.74.